The predicted octanol–water partition coefficient (Wildman–Crippen LogP) is 11.6. The number of imidazole rings is 2. The summed E-state index contributed by atoms with van der Waals surface area (Å²) in [5.41, 5.74) is 11.3. The first-order valence-corrected chi connectivity index (χ1v) is 30.9. The number of pyridine rings is 2. The second-order valence-electron chi connectivity index (χ2n) is 23.1. The summed E-state index contributed by atoms with van der Waals surface area (Å²) in [4.78, 5) is 63.3. The van der Waals surface area contributed by atoms with Gasteiger partial charge >= 0.3 is 6.09 Å². The lowest BCUT2D eigenvalue weighted by Crippen LogP contribution is -2.46. The minimum Gasteiger partial charge on any atom is -0.481 e. The highest BCUT2D eigenvalue weighted by Gasteiger charge is 2.33. The number of piperidine rings is 2. The topological polar surface area (TPSA) is 203 Å². The second-order valence-corrected chi connectivity index (χ2v) is 23.9. The van der Waals surface area contributed by atoms with Crippen LogP contribution in [-0.4, -0.2) is 148 Å². The number of likely N-dealkylation sites (tertiary alicyclic amines) is 2. The molecular weight excluding hydrogens is 1130 g/mol. The number of aromatic nitrogens is 6. The summed E-state index contributed by atoms with van der Waals surface area (Å²) in [5.74, 6) is 3.34. The van der Waals surface area contributed by atoms with Crippen molar-refractivity contribution >= 4 is 85.0 Å². The van der Waals surface area contributed by atoms with E-state index in [1.807, 2.05) is 79.1 Å². The van der Waals surface area contributed by atoms with Gasteiger partial charge in [0.2, 0.25) is 23.6 Å². The Kier molecular flexibility index (Phi) is 23.8. The van der Waals surface area contributed by atoms with Crippen molar-refractivity contribution in [1.82, 2.24) is 44.2 Å². The van der Waals surface area contributed by atoms with Gasteiger partial charge in [0.15, 0.2) is 11.3 Å². The van der Waals surface area contributed by atoms with E-state index in [2.05, 4.69) is 80.1 Å². The SMILES string of the molecule is COCCCn1c(C2CCCN(C(=O)C[C@@H](Cc3ccc4ccccc4c3)NC(=O)OC(C)(C)C)C2)nc2ccc(OC)nc21.COCCCn1c(C2CCCN(C(=O)C[C@H](N)Cc3ccc4ccccc4c3)C2)nc2ccc(OC)nc21.ClCCl. The molecule has 3 N–H and O–H groups in total. The van der Waals surface area contributed by atoms with E-state index < -0.39 is 17.7 Å². The van der Waals surface area contributed by atoms with Crippen LogP contribution in [0.5, 0.6) is 11.8 Å². The van der Waals surface area contributed by atoms with Crippen molar-refractivity contribution in [3.05, 3.63) is 132 Å². The molecule has 3 amide bonds. The molecule has 0 saturated carbocycles. The number of fused-ring (bicyclic) bond motifs is 4. The lowest BCUT2D eigenvalue weighted by atomic mass is 9.95. The van der Waals surface area contributed by atoms with Crippen LogP contribution >= 0.6 is 23.2 Å². The molecular formula is C66H84Cl2N10O8. The number of nitrogens with two attached hydrogens (primary N) is 1. The summed E-state index contributed by atoms with van der Waals surface area (Å²) in [5, 5.41) is 7.86. The average Bonchev–Trinajstić information content (AvgIpc) is 2.70. The number of benzene rings is 4. The highest BCUT2D eigenvalue weighted by Crippen LogP contribution is 2.33. The number of nitrogens with zero attached hydrogens (tertiary/aromatic N) is 8. The van der Waals surface area contributed by atoms with E-state index >= 15 is 0 Å². The van der Waals surface area contributed by atoms with E-state index in [0.717, 1.165) is 107 Å². The van der Waals surface area contributed by atoms with Crippen molar-refractivity contribution < 1.29 is 38.1 Å². The Morgan fingerprint density at radius 2 is 1.07 bits per heavy atom. The number of alkyl halides is 2. The fraction of sp³-hybridized carbons (Fsp3) is 0.470. The monoisotopic (exact) mass is 1210 g/mol. The van der Waals surface area contributed by atoms with Gasteiger partial charge in [-0.05, 0) is 117 Å². The highest BCUT2D eigenvalue weighted by molar-refractivity contribution is 6.40. The maximum atomic E-state index is 13.9. The predicted molar refractivity (Wildman–Crippen MR) is 341 cm³/mol. The Hall–Kier alpha value is -7.09. The Labute approximate surface area is 515 Å². The molecule has 2 aliphatic heterocycles. The lowest BCUT2D eigenvalue weighted by molar-refractivity contribution is -0.133. The van der Waals surface area contributed by atoms with Crippen molar-refractivity contribution in [3.8, 4) is 11.8 Å². The van der Waals surface area contributed by atoms with Gasteiger partial charge in [0.1, 0.15) is 28.3 Å². The first-order chi connectivity index (χ1) is 41.6. The third-order valence-electron chi connectivity index (χ3n) is 15.5. The minimum absolute atomic E-state index is 0.00314. The van der Waals surface area contributed by atoms with Gasteiger partial charge in [0, 0.05) is 116 Å². The number of nitrogens with one attached hydrogen (secondary N) is 1. The molecule has 18 nitrogen and oxygen atoms in total. The summed E-state index contributed by atoms with van der Waals surface area (Å²) in [6.45, 7) is 10.9. The molecule has 6 heterocycles. The second kappa shape index (κ2) is 31.5. The van der Waals surface area contributed by atoms with Crippen LogP contribution in [0.2, 0.25) is 0 Å². The lowest BCUT2D eigenvalue weighted by Gasteiger charge is -2.34. The highest BCUT2D eigenvalue weighted by atomic mass is 35.5. The molecule has 2 saturated heterocycles. The van der Waals surface area contributed by atoms with Crippen molar-refractivity contribution in [2.45, 2.75) is 128 Å². The number of rotatable bonds is 21. The zero-order valence-corrected chi connectivity index (χ0v) is 52.3. The van der Waals surface area contributed by atoms with Crippen LogP contribution in [0.3, 0.4) is 0 Å². The summed E-state index contributed by atoms with van der Waals surface area (Å²) >= 11 is 9.53. The van der Waals surface area contributed by atoms with Crippen LogP contribution in [0.1, 0.15) is 107 Å². The molecule has 2 unspecified atom stereocenters. The molecule has 20 heteroatoms. The molecule has 8 aromatic rings. The average molecular weight is 1220 g/mol. The van der Waals surface area contributed by atoms with E-state index in [4.69, 9.17) is 67.6 Å². The molecule has 0 bridgehead atoms. The van der Waals surface area contributed by atoms with Gasteiger partial charge in [0.05, 0.1) is 19.6 Å². The van der Waals surface area contributed by atoms with Crippen molar-refractivity contribution in [3.63, 3.8) is 0 Å². The van der Waals surface area contributed by atoms with Crippen LogP contribution in [0.4, 0.5) is 4.79 Å². The molecule has 0 radical (unpaired) electrons. The number of methoxy groups -OCH3 is 4. The van der Waals surface area contributed by atoms with E-state index in [1.54, 1.807) is 28.4 Å². The van der Waals surface area contributed by atoms with Crippen molar-refractivity contribution in [2.24, 2.45) is 5.73 Å². The summed E-state index contributed by atoms with van der Waals surface area (Å²) in [7, 11) is 6.64. The number of carbonyl (C=O) groups is 3. The largest absolute Gasteiger partial charge is 0.481 e. The third kappa shape index (κ3) is 17.8. The Balaban J connectivity index is 0.000000216. The zero-order valence-electron chi connectivity index (χ0n) is 50.8. The molecule has 86 heavy (non-hydrogen) atoms. The van der Waals surface area contributed by atoms with Crippen LogP contribution in [-0.2, 0) is 49.7 Å². The molecule has 4 aromatic heterocycles. The fourth-order valence-electron chi connectivity index (χ4n) is 11.6. The van der Waals surface area contributed by atoms with Gasteiger partial charge in [-0.15, -0.1) is 23.2 Å². The van der Waals surface area contributed by atoms with Crippen LogP contribution in [0.15, 0.2) is 109 Å². The third-order valence-corrected chi connectivity index (χ3v) is 15.5. The summed E-state index contributed by atoms with van der Waals surface area (Å²) < 4.78 is 31.3. The Morgan fingerprint density at radius 1 is 0.616 bits per heavy atom. The van der Waals surface area contributed by atoms with Gasteiger partial charge in [-0.2, -0.15) is 9.97 Å². The Bertz CT molecular complexity index is 3520. The van der Waals surface area contributed by atoms with E-state index in [9.17, 15) is 14.4 Å². The molecule has 2 fully saturated rings. The number of ether oxygens (including phenoxy) is 5. The maximum Gasteiger partial charge on any atom is 0.407 e. The molecule has 10 rings (SSSR count). The first-order valence-electron chi connectivity index (χ1n) is 29.8. The zero-order chi connectivity index (χ0) is 61.2. The molecule has 4 atom stereocenters. The first kappa shape index (κ1) is 64.9. The van der Waals surface area contributed by atoms with Crippen LogP contribution in [0.25, 0.3) is 43.9 Å². The normalized spacial score (nSPS) is 16.0. The number of aryl methyl sites for hydroxylation is 2. The molecule has 0 aliphatic carbocycles. The number of carbonyl (C=O) groups excluding carboxylic acids is 3. The van der Waals surface area contributed by atoms with Crippen LogP contribution in [0, 0.1) is 0 Å². The number of alkyl carbamates (subject to hydrolysis) is 1. The summed E-state index contributed by atoms with van der Waals surface area (Å²) in [6, 6.07) is 36.0. The molecule has 0 spiro atoms. The molecule has 460 valence electrons. The maximum absolute atomic E-state index is 13.9. The molecule has 4 aromatic carbocycles. The van der Waals surface area contributed by atoms with Gasteiger partial charge in [-0.1, -0.05) is 84.9 Å². The smallest absolute Gasteiger partial charge is 0.407 e. The van der Waals surface area contributed by atoms with Crippen molar-refractivity contribution in [2.75, 3.05) is 73.2 Å². The van der Waals surface area contributed by atoms with E-state index in [1.165, 1.54) is 10.8 Å². The van der Waals surface area contributed by atoms with Gasteiger partial charge < -0.3 is 53.7 Å². The fourth-order valence-corrected chi connectivity index (χ4v) is 11.6. The van der Waals surface area contributed by atoms with Crippen molar-refractivity contribution in [1.29, 1.82) is 0 Å². The van der Waals surface area contributed by atoms with Gasteiger partial charge in [-0.25, -0.2) is 14.8 Å². The minimum atomic E-state index is -0.644. The van der Waals surface area contributed by atoms with Crippen LogP contribution < -0.4 is 20.5 Å². The quantitative estimate of drug-likeness (QED) is 0.0508. The van der Waals surface area contributed by atoms with E-state index in [0.29, 0.717) is 70.4 Å². The van der Waals surface area contributed by atoms with E-state index in [-0.39, 0.29) is 41.5 Å². The molecule has 2 aliphatic rings. The van der Waals surface area contributed by atoms with Gasteiger partial charge in [-0.3, -0.25) is 9.59 Å². The number of hydrogen-bond donors (Lipinski definition) is 2. The standard InChI is InChI=1S/C35H45N5O5.C30H37N5O3.CH2Cl2/c1-35(2,3)45-34(42)36-28(21-24-13-14-25-10-6-7-11-26(25)20-24)22-31(41)39-17-8-12-27(23-39)32-37-29-15-16-30(44-5)38-33(29)40(32)18-9-19-43-4;1-37-16-6-15-35-29(32-26-12-13-27(38-2)33-30(26)35)24-9-5-14-34(20-24)28(36)19-25(31)18-21-10-11-22-7-3-4-8-23(22)17-21;2-1-3/h6-7,10-11,13-16,20,27-28H,8-9,12,17-19,21-23H2,1-5H3,(H,36,42);3-4,7-8,10-13,17,24-25H,5-6,9,14-16,18-20,31H2,1-2H3;1H2/t27?,28-;24?,25-;/m11./s1. The number of hydrogen-bond acceptors (Lipinski definition) is 13. The van der Waals surface area contributed by atoms with Gasteiger partial charge in [0.25, 0.3) is 0 Å². The number of amides is 3. The number of halogens is 2. The Morgan fingerprint density at radius 3 is 1.52 bits per heavy atom. The summed E-state index contributed by atoms with van der Waals surface area (Å²) in [6.07, 6.45) is 6.55.